The van der Waals surface area contributed by atoms with Crippen molar-refractivity contribution in [1.82, 2.24) is 0 Å². The maximum Gasteiger partial charge on any atom is 0.338 e. The van der Waals surface area contributed by atoms with Gasteiger partial charge in [0.05, 0.1) is 39.4 Å². The third kappa shape index (κ3) is 6.71. The maximum absolute atomic E-state index is 13.3. The Hall–Kier alpha value is -1.59. The zero-order valence-electron chi connectivity index (χ0n) is 14.0. The predicted octanol–water partition coefficient (Wildman–Crippen LogP) is 6.97. The zero-order valence-corrected chi connectivity index (χ0v) is 17.1. The van der Waals surface area contributed by atoms with Crippen LogP contribution in [0.5, 0.6) is 0 Å². The number of rotatable bonds is 4. The van der Waals surface area contributed by atoms with Crippen LogP contribution in [0.25, 0.3) is 0 Å². The standard InChI is InChI=1S/C9H6BrF3O2.C8H6BrF3O.CH4/c1-15-9(14)4-2-3-5(10)7(11)6(4)8(12)13;9-5-2-1-4(3-13)6(7(5)10)8(11)12;/h2-3,8H,1H3;1-2,8,13H,3H2;1H4. The molecule has 0 saturated carbocycles. The number of hydrogen-bond acceptors (Lipinski definition) is 3. The lowest BCUT2D eigenvalue weighted by molar-refractivity contribution is 0.0587. The molecule has 29 heavy (non-hydrogen) atoms. The summed E-state index contributed by atoms with van der Waals surface area (Å²) in [6, 6.07) is 4.80. The lowest BCUT2D eigenvalue weighted by Gasteiger charge is -2.09. The number of hydrogen-bond donors (Lipinski definition) is 1. The van der Waals surface area contributed by atoms with Crippen molar-refractivity contribution in [1.29, 1.82) is 0 Å². The van der Waals surface area contributed by atoms with Gasteiger partial charge in [0.15, 0.2) is 0 Å². The van der Waals surface area contributed by atoms with Gasteiger partial charge < -0.3 is 9.84 Å². The van der Waals surface area contributed by atoms with Gasteiger partial charge in [0.25, 0.3) is 12.9 Å². The second-order valence-corrected chi connectivity index (χ2v) is 6.72. The Kier molecular flexibility index (Phi) is 11.5. The van der Waals surface area contributed by atoms with Crippen molar-refractivity contribution in [3.63, 3.8) is 0 Å². The summed E-state index contributed by atoms with van der Waals surface area (Å²) in [4.78, 5) is 11.1. The summed E-state index contributed by atoms with van der Waals surface area (Å²) < 4.78 is 80.0. The lowest BCUT2D eigenvalue weighted by Crippen LogP contribution is -2.08. The number of benzene rings is 2. The van der Waals surface area contributed by atoms with Crippen molar-refractivity contribution in [3.8, 4) is 0 Å². The van der Waals surface area contributed by atoms with Gasteiger partial charge in [-0.2, -0.15) is 0 Å². The molecule has 2 aromatic rings. The number of aliphatic hydroxyl groups excluding tert-OH is 1. The molecule has 1 N–H and O–H groups in total. The molecule has 0 saturated heterocycles. The van der Waals surface area contributed by atoms with Crippen molar-refractivity contribution < 1.29 is 41.0 Å². The second-order valence-electron chi connectivity index (χ2n) is 5.01. The molecule has 0 bridgehead atoms. The molecule has 0 unspecified atom stereocenters. The van der Waals surface area contributed by atoms with Crippen LogP contribution in [0.1, 0.15) is 47.3 Å². The first-order valence-corrected chi connectivity index (χ1v) is 8.85. The first kappa shape index (κ1) is 27.4. The van der Waals surface area contributed by atoms with Crippen LogP contribution in [-0.2, 0) is 11.3 Å². The SMILES string of the molecule is C.COC(=O)c1ccc(Br)c(F)c1C(F)F.OCc1ccc(Br)c(F)c1C(F)F. The first-order valence-electron chi connectivity index (χ1n) is 7.26. The van der Waals surface area contributed by atoms with Crippen LogP contribution in [0.15, 0.2) is 33.2 Å². The molecule has 0 radical (unpaired) electrons. The van der Waals surface area contributed by atoms with Gasteiger partial charge in [0.2, 0.25) is 0 Å². The summed E-state index contributed by atoms with van der Waals surface area (Å²) >= 11 is 5.55. The monoisotopic (exact) mass is 552 g/mol. The van der Waals surface area contributed by atoms with Crippen LogP contribution in [-0.4, -0.2) is 18.2 Å². The number of methoxy groups -OCH3 is 1. The minimum atomic E-state index is -3.07. The van der Waals surface area contributed by atoms with E-state index in [1.165, 1.54) is 18.2 Å². The van der Waals surface area contributed by atoms with E-state index in [1.807, 2.05) is 0 Å². The van der Waals surface area contributed by atoms with Gasteiger partial charge in [-0.25, -0.2) is 31.1 Å². The van der Waals surface area contributed by atoms with Gasteiger partial charge in [-0.3, -0.25) is 0 Å². The molecule has 0 aliphatic heterocycles. The highest BCUT2D eigenvalue weighted by Crippen LogP contribution is 2.31. The third-order valence-corrected chi connectivity index (χ3v) is 4.59. The van der Waals surface area contributed by atoms with E-state index in [1.54, 1.807) is 0 Å². The van der Waals surface area contributed by atoms with Crippen molar-refractivity contribution in [2.24, 2.45) is 0 Å². The molecule has 2 aromatic carbocycles. The second kappa shape index (κ2) is 12.2. The largest absolute Gasteiger partial charge is 0.465 e. The summed E-state index contributed by atoms with van der Waals surface area (Å²) in [5.74, 6) is -3.15. The van der Waals surface area contributed by atoms with Gasteiger partial charge in [0.1, 0.15) is 11.6 Å². The van der Waals surface area contributed by atoms with E-state index in [0.717, 1.165) is 13.2 Å². The molecule has 0 aliphatic rings. The summed E-state index contributed by atoms with van der Waals surface area (Å²) in [6.07, 6.45) is -5.99. The molecule has 0 atom stereocenters. The minimum absolute atomic E-state index is 0. The van der Waals surface area contributed by atoms with Crippen LogP contribution in [0.2, 0.25) is 0 Å². The van der Waals surface area contributed by atoms with Crippen LogP contribution in [0.3, 0.4) is 0 Å². The number of alkyl halides is 4. The molecule has 2 rings (SSSR count). The van der Waals surface area contributed by atoms with Gasteiger partial charge in [-0.15, -0.1) is 0 Å². The van der Waals surface area contributed by atoms with Crippen molar-refractivity contribution >= 4 is 37.8 Å². The molecule has 0 spiro atoms. The molecular weight excluding hydrogens is 538 g/mol. The number of aliphatic hydroxyl groups is 1. The molecule has 11 heteroatoms. The number of esters is 1. The Bertz CT molecular complexity index is 847. The fourth-order valence-electron chi connectivity index (χ4n) is 2.05. The quantitative estimate of drug-likeness (QED) is 0.328. The maximum atomic E-state index is 13.3. The Morgan fingerprint density at radius 2 is 1.41 bits per heavy atom. The van der Waals surface area contributed by atoms with Gasteiger partial charge in [-0.1, -0.05) is 13.5 Å². The van der Waals surface area contributed by atoms with Crippen LogP contribution < -0.4 is 0 Å². The van der Waals surface area contributed by atoms with Crippen LogP contribution in [0, 0.1) is 11.6 Å². The van der Waals surface area contributed by atoms with Gasteiger partial charge in [0, 0.05) is 0 Å². The molecule has 0 amide bonds. The van der Waals surface area contributed by atoms with E-state index in [-0.39, 0.29) is 21.9 Å². The molecule has 3 nitrogen and oxygen atoms in total. The highest BCUT2D eigenvalue weighted by molar-refractivity contribution is 9.10. The number of carbonyl (C=O) groups is 1. The molecular formula is C18H16Br2F6O3. The number of ether oxygens (including phenoxy) is 1. The van der Waals surface area contributed by atoms with Crippen molar-refractivity contribution in [3.05, 3.63) is 67.1 Å². The minimum Gasteiger partial charge on any atom is -0.465 e. The zero-order chi connectivity index (χ0) is 21.6. The summed E-state index contributed by atoms with van der Waals surface area (Å²) in [6.45, 7) is -0.593. The molecule has 0 fully saturated rings. The van der Waals surface area contributed by atoms with E-state index >= 15 is 0 Å². The fraction of sp³-hybridized carbons (Fsp3) is 0.278. The highest BCUT2D eigenvalue weighted by atomic mass is 79.9. The topological polar surface area (TPSA) is 46.5 Å². The Labute approximate surface area is 179 Å². The van der Waals surface area contributed by atoms with E-state index in [9.17, 15) is 31.1 Å². The van der Waals surface area contributed by atoms with E-state index < -0.39 is 53.8 Å². The molecule has 162 valence electrons. The smallest absolute Gasteiger partial charge is 0.338 e. The molecule has 0 aromatic heterocycles. The van der Waals surface area contributed by atoms with E-state index in [4.69, 9.17) is 5.11 Å². The normalized spacial score (nSPS) is 10.3. The number of halogens is 8. The van der Waals surface area contributed by atoms with Crippen LogP contribution in [0.4, 0.5) is 26.3 Å². The Morgan fingerprint density at radius 3 is 1.83 bits per heavy atom. The predicted molar refractivity (Wildman–Crippen MR) is 102 cm³/mol. The fourth-order valence-corrected chi connectivity index (χ4v) is 2.74. The van der Waals surface area contributed by atoms with Crippen molar-refractivity contribution in [2.45, 2.75) is 26.9 Å². The summed E-state index contributed by atoms with van der Waals surface area (Å²) in [5, 5.41) is 8.67. The average Bonchev–Trinajstić information content (AvgIpc) is 2.65. The van der Waals surface area contributed by atoms with Gasteiger partial charge >= 0.3 is 5.97 Å². The Balaban J connectivity index is 0.000000527. The summed E-state index contributed by atoms with van der Waals surface area (Å²) in [7, 11) is 1.04. The van der Waals surface area contributed by atoms with Crippen molar-refractivity contribution in [2.75, 3.05) is 7.11 Å². The van der Waals surface area contributed by atoms with E-state index in [2.05, 4.69) is 36.6 Å². The highest BCUT2D eigenvalue weighted by Gasteiger charge is 2.24. The first-order chi connectivity index (χ1) is 13.1. The average molecular weight is 554 g/mol. The Morgan fingerprint density at radius 1 is 0.966 bits per heavy atom. The third-order valence-electron chi connectivity index (χ3n) is 3.37. The summed E-state index contributed by atoms with van der Waals surface area (Å²) in [5.41, 5.74) is -2.24. The lowest BCUT2D eigenvalue weighted by atomic mass is 10.1. The molecule has 0 heterocycles. The molecule has 0 aliphatic carbocycles. The van der Waals surface area contributed by atoms with E-state index in [0.29, 0.717) is 0 Å². The van der Waals surface area contributed by atoms with Gasteiger partial charge in [-0.05, 0) is 55.6 Å². The van der Waals surface area contributed by atoms with Crippen LogP contribution >= 0.6 is 31.9 Å². The number of carbonyl (C=O) groups excluding carboxylic acids is 1.